The number of benzene rings is 6. The van der Waals surface area contributed by atoms with Crippen LogP contribution in [0.4, 0.5) is 0 Å². The second kappa shape index (κ2) is 58.4. The molecule has 0 amide bonds. The molecule has 49 heteroatoms. The van der Waals surface area contributed by atoms with Crippen molar-refractivity contribution >= 4 is 441 Å². The molecule has 0 bridgehead atoms. The standard InChI is InChI=1S/C24H19Cl2NO2S.C22H15Cl2NO2S.CH4.S32.S5/c1-2-29-24(28)22-23(30-19-9-4-3-5-10-19)20-14-18(26)11-12-21(20)27(22)15-16-7-6-8-17(25)13-16;23-15-6-4-5-14(11-15)13-25-19-10-9-16(24)12-18(19)21(20(25)22(26)27)28-17-7-2-1-3-8-17;;1-3-5-7-9-11-13-15-17-19-21-23-25-27-29-31-32-30-28-26-24-22-20-18-16-14-12-10-8-6-4-2;1-3-5-4-2/h3-14H,2,15H2,1H3;1-12H,13H2,(H,26,27);1H4;;. The van der Waals surface area contributed by atoms with E-state index < -0.39 is 5.97 Å². The average molecular weight is 2090 g/mol. The Balaban J connectivity index is 0.000000294. The first-order chi connectivity index (χ1) is 46.4. The van der Waals surface area contributed by atoms with Gasteiger partial charge in [-0.1, -0.05) is 138 Å². The number of fused-ring (bicyclic) bond motifs is 2. The van der Waals surface area contributed by atoms with Gasteiger partial charge in [-0.2, -0.15) is 0 Å². The van der Waals surface area contributed by atoms with Crippen molar-refractivity contribution in [3.8, 4) is 0 Å². The van der Waals surface area contributed by atoms with Crippen LogP contribution in [0.15, 0.2) is 165 Å². The van der Waals surface area contributed by atoms with E-state index in [4.69, 9.17) is 73.5 Å². The minimum absolute atomic E-state index is 0. The topological polar surface area (TPSA) is 73.5 Å². The number of carbonyl (C=O) groups excluding carboxylic acids is 1. The van der Waals surface area contributed by atoms with Gasteiger partial charge in [0, 0.05) is 392 Å². The zero-order valence-electron chi connectivity index (χ0n) is 46.0. The summed E-state index contributed by atoms with van der Waals surface area (Å²) in [5.41, 5.74) is 4.42. The molecule has 0 fully saturated rings. The summed E-state index contributed by atoms with van der Waals surface area (Å²) in [6.45, 7) is 2.99. The lowest BCUT2D eigenvalue weighted by Gasteiger charge is -2.12. The number of carbonyl (C=O) groups is 2. The van der Waals surface area contributed by atoms with Crippen LogP contribution < -0.4 is 0 Å². The van der Waals surface area contributed by atoms with Crippen molar-refractivity contribution in [1.29, 1.82) is 0 Å². The monoisotopic (exact) mass is 2080 g/mol. The van der Waals surface area contributed by atoms with Crippen molar-refractivity contribution in [2.45, 2.75) is 47.0 Å². The van der Waals surface area contributed by atoms with Gasteiger partial charge in [0.1, 0.15) is 11.4 Å². The molecule has 1 N–H and O–H groups in total. The highest BCUT2D eigenvalue weighted by Gasteiger charge is 2.26. The number of aromatic carboxylic acids is 1. The Labute approximate surface area is 698 Å². The maximum Gasteiger partial charge on any atom is 0.356 e. The zero-order valence-corrected chi connectivity index (χ0v) is 80.8. The molecule has 0 radical (unpaired) electrons. The molecule has 8 aromatic rings. The minimum atomic E-state index is -0.979. The molecule has 0 spiro atoms. The van der Waals surface area contributed by atoms with E-state index in [-0.39, 0.29) is 19.1 Å². The maximum absolute atomic E-state index is 13.1. The number of carboxylic acids is 1. The molecular weight excluding hydrogens is 2050 g/mol. The van der Waals surface area contributed by atoms with Crippen LogP contribution in [-0.4, -0.2) is 32.8 Å². The summed E-state index contributed by atoms with van der Waals surface area (Å²) < 4.78 is 9.23. The van der Waals surface area contributed by atoms with E-state index in [1.807, 2.05) is 292 Å². The lowest BCUT2D eigenvalue weighted by Crippen LogP contribution is -2.14. The molecule has 0 atom stereocenters. The second-order valence-corrected chi connectivity index (χ2v) is 77.5. The highest BCUT2D eigenvalue weighted by atomic mass is 35.5. The van der Waals surface area contributed by atoms with E-state index in [1.54, 1.807) is 119 Å². The fraction of sp³-hybridized carbons (Fsp3) is 0.106. The molecule has 6 nitrogen and oxygen atoms in total. The number of hydrogen-bond donors (Lipinski definition) is 1. The molecule has 0 aliphatic rings. The van der Waals surface area contributed by atoms with Crippen LogP contribution in [0.2, 0.25) is 20.1 Å². The third-order valence-electron chi connectivity index (χ3n) is 9.88. The Morgan fingerprint density at radius 3 is 0.979 bits per heavy atom. The zero-order chi connectivity index (χ0) is 68.1. The Kier molecular flexibility index (Phi) is 55.8. The van der Waals surface area contributed by atoms with Gasteiger partial charge in [0.2, 0.25) is 0 Å². The first-order valence-electron chi connectivity index (χ1n) is 23.9. The van der Waals surface area contributed by atoms with E-state index >= 15 is 0 Å². The Bertz CT molecular complexity index is 5590. The summed E-state index contributed by atoms with van der Waals surface area (Å²) in [5, 5.41) is 14.2. The highest BCUT2D eigenvalue weighted by Crippen LogP contribution is 2.42. The number of halogens is 4. The number of rotatable bonds is 11. The molecule has 96 heavy (non-hydrogen) atoms. The lowest BCUT2D eigenvalue weighted by molar-refractivity contribution is 0.0510. The van der Waals surface area contributed by atoms with Crippen molar-refractivity contribution < 1.29 is 19.4 Å². The third kappa shape index (κ3) is 37.4. The van der Waals surface area contributed by atoms with Crippen molar-refractivity contribution in [3.05, 3.63) is 188 Å². The van der Waals surface area contributed by atoms with Crippen LogP contribution in [-0.2, 0) is 356 Å². The van der Waals surface area contributed by atoms with Gasteiger partial charge in [-0.25, -0.2) is 9.59 Å². The number of ether oxygens (including phenoxy) is 1. The molecule has 0 saturated carbocycles. The summed E-state index contributed by atoms with van der Waals surface area (Å²) >= 11 is 46.3. The van der Waals surface area contributed by atoms with Gasteiger partial charge < -0.3 is 19.0 Å². The van der Waals surface area contributed by atoms with Crippen LogP contribution >= 0.6 is 69.9 Å². The predicted octanol–water partition coefficient (Wildman–Crippen LogP) is 14.7. The fourth-order valence-corrected chi connectivity index (χ4v) is 89.5. The first-order valence-corrected chi connectivity index (χ1v) is 73.7. The van der Waals surface area contributed by atoms with Crippen molar-refractivity contribution in [2.75, 3.05) is 6.61 Å². The lowest BCUT2D eigenvalue weighted by atomic mass is 10.2. The summed E-state index contributed by atoms with van der Waals surface area (Å²) in [4.78, 5) is 28.8. The van der Waals surface area contributed by atoms with Gasteiger partial charge in [-0.3, -0.25) is 0 Å². The van der Waals surface area contributed by atoms with Crippen LogP contribution in [0.5, 0.6) is 0 Å². The largest absolute Gasteiger partial charge is 0.477 e. The third-order valence-corrected chi connectivity index (χ3v) is 82.0. The summed E-state index contributed by atoms with van der Waals surface area (Å²) in [6, 6.07) is 45.9. The van der Waals surface area contributed by atoms with Crippen molar-refractivity contribution in [1.82, 2.24) is 9.13 Å². The van der Waals surface area contributed by atoms with Crippen LogP contribution in [0.3, 0.4) is 0 Å². The van der Waals surface area contributed by atoms with Gasteiger partial charge >= 0.3 is 11.9 Å². The fourth-order valence-electron chi connectivity index (χ4n) is 6.92. The molecule has 8 rings (SSSR count). The molecule has 0 aliphatic carbocycles. The van der Waals surface area contributed by atoms with E-state index in [2.05, 4.69) is 22.4 Å². The number of esters is 1. The summed E-state index contributed by atoms with van der Waals surface area (Å²) in [5.74, 6) is -1.34. The van der Waals surface area contributed by atoms with Crippen molar-refractivity contribution in [2.24, 2.45) is 0 Å². The Hall–Kier alpha value is 3.34. The molecule has 2 aromatic heterocycles. The maximum atomic E-state index is 13.1. The molecule has 522 valence electrons. The van der Waals surface area contributed by atoms with E-state index in [0.717, 1.165) is 47.6 Å². The van der Waals surface area contributed by atoms with Gasteiger partial charge in [0.05, 0.1) is 27.4 Å². The van der Waals surface area contributed by atoms with Gasteiger partial charge in [0.25, 0.3) is 0 Å². The SMILES string of the molecule is C.CCOC(=O)c1c(Sc2ccccc2)c2cc(Cl)ccc2n1Cc1cccc(Cl)c1.O=C(O)c1c(Sc2ccccc2)c2cc(Cl)ccc2n1Cc1cccc(Cl)c1.S=S=S=S=S.S=S=S=S=S=S=S=S=S=S=S=S=S=S=S=S=S=S=S=S=S=S=S=S=S=S=S=S=S=S=S=S. The van der Waals surface area contributed by atoms with Gasteiger partial charge in [0.15, 0.2) is 0 Å². The molecule has 0 saturated heterocycles. The Morgan fingerprint density at radius 1 is 0.385 bits per heavy atom. The minimum Gasteiger partial charge on any atom is -0.477 e. The number of aromatic nitrogens is 2. The van der Waals surface area contributed by atoms with Crippen molar-refractivity contribution in [3.63, 3.8) is 0 Å². The van der Waals surface area contributed by atoms with Gasteiger partial charge in [-0.05, 0) is 103 Å². The average Bonchev–Trinajstić information content (AvgIpc) is 1.62. The molecular formula is C47H38Cl4N2O4S39. The quantitative estimate of drug-likeness (QED) is 0.127. The molecule has 6 aromatic carbocycles. The van der Waals surface area contributed by atoms with Crippen LogP contribution in [0, 0.1) is 0 Å². The summed E-state index contributed by atoms with van der Waals surface area (Å²) in [7, 11) is 56.7. The normalized spacial score (nSPS) is 9.51. The highest BCUT2D eigenvalue weighted by molar-refractivity contribution is 8.80. The van der Waals surface area contributed by atoms with E-state index in [0.29, 0.717) is 50.4 Å². The van der Waals surface area contributed by atoms with E-state index in [9.17, 15) is 14.7 Å². The Morgan fingerprint density at radius 2 is 0.688 bits per heavy atom. The molecule has 2 heterocycles. The second-order valence-electron chi connectivity index (χ2n) is 15.2. The number of carboxylic acid groups (broad SMARTS) is 1. The van der Waals surface area contributed by atoms with E-state index in [1.165, 1.54) is 67.9 Å². The van der Waals surface area contributed by atoms with Gasteiger partial charge in [-0.15, -0.1) is 0 Å². The summed E-state index contributed by atoms with van der Waals surface area (Å²) in [6.07, 6.45) is 0. The number of nitrogens with zero attached hydrogens (tertiary/aromatic N) is 2. The van der Waals surface area contributed by atoms with Crippen LogP contribution in [0.25, 0.3) is 21.8 Å². The molecule has 0 unspecified atom stereocenters. The predicted molar refractivity (Wildman–Crippen MR) is 518 cm³/mol. The van der Waals surface area contributed by atoms with Crippen LogP contribution in [0.1, 0.15) is 46.5 Å². The first kappa shape index (κ1) is 91.7. The number of hydrogen-bond acceptors (Lipinski definition) is 9. The molecule has 0 aliphatic heterocycles. The smallest absolute Gasteiger partial charge is 0.356 e.